The second-order valence-corrected chi connectivity index (χ2v) is 5.86. The summed E-state index contributed by atoms with van der Waals surface area (Å²) in [5.41, 5.74) is 4.56. The van der Waals surface area contributed by atoms with E-state index in [9.17, 15) is 0 Å². The topological polar surface area (TPSA) is 42.7 Å². The molecule has 0 aliphatic carbocycles. The van der Waals surface area contributed by atoms with Crippen LogP contribution < -0.4 is 5.32 Å². The van der Waals surface area contributed by atoms with Gasteiger partial charge in [0.25, 0.3) is 0 Å². The van der Waals surface area contributed by atoms with Crippen LogP contribution in [0.4, 0.5) is 0 Å². The molecule has 0 saturated heterocycles. The molecule has 0 aromatic carbocycles. The van der Waals surface area contributed by atoms with Gasteiger partial charge in [0.2, 0.25) is 0 Å². The SMILES string of the molecule is C[C@H]1CNCc2cc(-c3ccnc4ccsc34)nn21. The molecule has 3 aromatic rings. The van der Waals surface area contributed by atoms with E-state index < -0.39 is 0 Å². The van der Waals surface area contributed by atoms with Crippen LogP contribution in [-0.4, -0.2) is 21.3 Å². The van der Waals surface area contributed by atoms with Gasteiger partial charge in [-0.25, -0.2) is 0 Å². The molecule has 0 unspecified atom stereocenters. The number of fused-ring (bicyclic) bond motifs is 2. The Bertz CT molecular complexity index is 743. The van der Waals surface area contributed by atoms with E-state index in [1.165, 1.54) is 16.0 Å². The van der Waals surface area contributed by atoms with Crippen molar-refractivity contribution in [3.63, 3.8) is 0 Å². The van der Waals surface area contributed by atoms with Crippen molar-refractivity contribution in [1.29, 1.82) is 0 Å². The predicted octanol–water partition coefficient (Wildman–Crippen LogP) is 2.82. The first kappa shape index (κ1) is 11.1. The molecule has 0 bridgehead atoms. The first-order valence-corrected chi connectivity index (χ1v) is 7.32. The van der Waals surface area contributed by atoms with Crippen molar-refractivity contribution < 1.29 is 0 Å². The third kappa shape index (κ3) is 1.69. The van der Waals surface area contributed by atoms with E-state index in [0.29, 0.717) is 6.04 Å². The van der Waals surface area contributed by atoms with Crippen molar-refractivity contribution in [3.05, 3.63) is 35.5 Å². The highest BCUT2D eigenvalue weighted by molar-refractivity contribution is 7.17. The van der Waals surface area contributed by atoms with Gasteiger partial charge in [0, 0.05) is 24.8 Å². The summed E-state index contributed by atoms with van der Waals surface area (Å²) < 4.78 is 3.37. The summed E-state index contributed by atoms with van der Waals surface area (Å²) >= 11 is 1.73. The standard InChI is InChI=1S/C14H14N4S/c1-9-7-15-8-10-6-13(17-18(9)10)11-2-4-16-12-3-5-19-14(11)12/h2-6,9,15H,7-8H2,1H3/t9-/m0/s1. The molecule has 0 amide bonds. The summed E-state index contributed by atoms with van der Waals surface area (Å²) in [6, 6.07) is 6.73. The second kappa shape index (κ2) is 4.15. The number of aromatic nitrogens is 3. The Morgan fingerprint density at radius 2 is 2.37 bits per heavy atom. The zero-order chi connectivity index (χ0) is 12.8. The fraction of sp³-hybridized carbons (Fsp3) is 0.286. The fourth-order valence-electron chi connectivity index (χ4n) is 2.65. The number of nitrogens with zero attached hydrogens (tertiary/aromatic N) is 3. The molecule has 0 fully saturated rings. The maximum atomic E-state index is 4.79. The number of thiophene rings is 1. The molecule has 0 radical (unpaired) electrons. The third-order valence-electron chi connectivity index (χ3n) is 3.60. The summed E-state index contributed by atoms with van der Waals surface area (Å²) in [5, 5.41) is 10.3. The molecule has 1 aliphatic heterocycles. The Hall–Kier alpha value is -1.72. The number of rotatable bonds is 1. The first-order chi connectivity index (χ1) is 9.33. The summed E-state index contributed by atoms with van der Waals surface area (Å²) in [6.07, 6.45) is 1.87. The molecule has 4 heterocycles. The fourth-order valence-corrected chi connectivity index (χ4v) is 3.52. The van der Waals surface area contributed by atoms with Gasteiger partial charge in [-0.2, -0.15) is 5.10 Å². The lowest BCUT2D eigenvalue weighted by atomic mass is 10.1. The van der Waals surface area contributed by atoms with Crippen LogP contribution in [0.15, 0.2) is 29.8 Å². The summed E-state index contributed by atoms with van der Waals surface area (Å²) in [6.45, 7) is 4.08. The quantitative estimate of drug-likeness (QED) is 0.739. The molecule has 96 valence electrons. The van der Waals surface area contributed by atoms with Gasteiger partial charge in [0.05, 0.1) is 27.6 Å². The monoisotopic (exact) mass is 270 g/mol. The zero-order valence-electron chi connectivity index (χ0n) is 10.6. The highest BCUT2D eigenvalue weighted by Gasteiger charge is 2.19. The van der Waals surface area contributed by atoms with Gasteiger partial charge in [-0.15, -0.1) is 11.3 Å². The molecule has 5 heteroatoms. The number of pyridine rings is 1. The maximum Gasteiger partial charge on any atom is 0.0942 e. The number of hydrogen-bond donors (Lipinski definition) is 1. The molecule has 3 aromatic heterocycles. The minimum absolute atomic E-state index is 0.415. The molecule has 4 nitrogen and oxygen atoms in total. The van der Waals surface area contributed by atoms with Crippen molar-refractivity contribution in [2.24, 2.45) is 0 Å². The van der Waals surface area contributed by atoms with E-state index in [0.717, 1.165) is 24.3 Å². The van der Waals surface area contributed by atoms with Gasteiger partial charge in [-0.3, -0.25) is 9.67 Å². The highest BCUT2D eigenvalue weighted by atomic mass is 32.1. The van der Waals surface area contributed by atoms with Crippen LogP contribution in [0.3, 0.4) is 0 Å². The largest absolute Gasteiger partial charge is 0.309 e. The van der Waals surface area contributed by atoms with E-state index in [1.54, 1.807) is 11.3 Å². The molecule has 1 aliphatic rings. The van der Waals surface area contributed by atoms with Gasteiger partial charge in [-0.05, 0) is 30.5 Å². The Kier molecular flexibility index (Phi) is 2.43. The molecule has 0 spiro atoms. The van der Waals surface area contributed by atoms with E-state index in [4.69, 9.17) is 5.10 Å². The molecular formula is C14H14N4S. The van der Waals surface area contributed by atoms with Gasteiger partial charge in [0.1, 0.15) is 0 Å². The molecule has 4 rings (SSSR count). The van der Waals surface area contributed by atoms with Crippen LogP contribution >= 0.6 is 11.3 Å². The van der Waals surface area contributed by atoms with Crippen LogP contribution in [0, 0.1) is 0 Å². The Balaban J connectivity index is 1.91. The third-order valence-corrected chi connectivity index (χ3v) is 4.53. The van der Waals surface area contributed by atoms with Gasteiger partial charge < -0.3 is 5.32 Å². The minimum Gasteiger partial charge on any atom is -0.309 e. The van der Waals surface area contributed by atoms with E-state index >= 15 is 0 Å². The lowest BCUT2D eigenvalue weighted by Crippen LogP contribution is -2.31. The Labute approximate surface area is 115 Å². The zero-order valence-corrected chi connectivity index (χ0v) is 11.4. The van der Waals surface area contributed by atoms with E-state index in [1.807, 2.05) is 6.20 Å². The normalized spacial score (nSPS) is 18.7. The second-order valence-electron chi connectivity index (χ2n) is 4.94. The predicted molar refractivity (Wildman–Crippen MR) is 77.3 cm³/mol. The van der Waals surface area contributed by atoms with Crippen molar-refractivity contribution in [3.8, 4) is 11.3 Å². The van der Waals surface area contributed by atoms with Crippen molar-refractivity contribution >= 4 is 21.6 Å². The van der Waals surface area contributed by atoms with Crippen LogP contribution in [0.2, 0.25) is 0 Å². The molecule has 19 heavy (non-hydrogen) atoms. The average Bonchev–Trinajstić information content (AvgIpc) is 3.05. The van der Waals surface area contributed by atoms with Crippen LogP contribution in [0.5, 0.6) is 0 Å². The summed E-state index contributed by atoms with van der Waals surface area (Å²) in [5.74, 6) is 0. The summed E-state index contributed by atoms with van der Waals surface area (Å²) in [7, 11) is 0. The van der Waals surface area contributed by atoms with Crippen LogP contribution in [0.25, 0.3) is 21.5 Å². The van der Waals surface area contributed by atoms with Crippen molar-refractivity contribution in [2.75, 3.05) is 6.54 Å². The van der Waals surface area contributed by atoms with Gasteiger partial charge in [-0.1, -0.05) is 0 Å². The lowest BCUT2D eigenvalue weighted by Gasteiger charge is -2.21. The first-order valence-electron chi connectivity index (χ1n) is 6.44. The van der Waals surface area contributed by atoms with Gasteiger partial charge >= 0.3 is 0 Å². The highest BCUT2D eigenvalue weighted by Crippen LogP contribution is 2.31. The minimum atomic E-state index is 0.415. The summed E-state index contributed by atoms with van der Waals surface area (Å²) in [4.78, 5) is 4.39. The molecular weight excluding hydrogens is 256 g/mol. The molecule has 1 atom stereocenters. The van der Waals surface area contributed by atoms with E-state index in [-0.39, 0.29) is 0 Å². The number of hydrogen-bond acceptors (Lipinski definition) is 4. The van der Waals surface area contributed by atoms with Crippen molar-refractivity contribution in [1.82, 2.24) is 20.1 Å². The average molecular weight is 270 g/mol. The lowest BCUT2D eigenvalue weighted by molar-refractivity contribution is 0.392. The number of nitrogens with one attached hydrogen (secondary N) is 1. The van der Waals surface area contributed by atoms with E-state index in [2.05, 4.69) is 45.5 Å². The molecule has 0 saturated carbocycles. The Morgan fingerprint density at radius 3 is 3.26 bits per heavy atom. The smallest absolute Gasteiger partial charge is 0.0942 e. The molecule has 1 N–H and O–H groups in total. The van der Waals surface area contributed by atoms with Gasteiger partial charge in [0.15, 0.2) is 0 Å². The van der Waals surface area contributed by atoms with Crippen molar-refractivity contribution in [2.45, 2.75) is 19.5 Å². The van der Waals surface area contributed by atoms with Crippen LogP contribution in [-0.2, 0) is 6.54 Å². The van der Waals surface area contributed by atoms with Crippen LogP contribution in [0.1, 0.15) is 18.7 Å². The maximum absolute atomic E-state index is 4.79. The Morgan fingerprint density at radius 1 is 1.42 bits per heavy atom.